The van der Waals surface area contributed by atoms with Gasteiger partial charge in [-0.25, -0.2) is 8.42 Å². The fourth-order valence-corrected chi connectivity index (χ4v) is 3.97. The number of sulfonamides is 1. The average molecular weight is 374 g/mol. The summed E-state index contributed by atoms with van der Waals surface area (Å²) < 4.78 is 31.5. The molecule has 0 radical (unpaired) electrons. The van der Waals surface area contributed by atoms with Crippen molar-refractivity contribution in [3.63, 3.8) is 0 Å². The zero-order valence-corrected chi connectivity index (χ0v) is 15.6. The predicted octanol–water partition coefficient (Wildman–Crippen LogP) is 2.26. The molecule has 0 unspecified atom stereocenters. The standard InChI is InChI=1S/C19H22N2O4S/c1-20(14-15-8-4-3-5-9-15)19(22)18-12-13-21(26(2,23)24)16-10-6-7-11-17(16)25-18/h3-11,18H,12-14H2,1-2H3/t18-/m1/s1. The summed E-state index contributed by atoms with van der Waals surface area (Å²) in [6, 6.07) is 16.6. The van der Waals surface area contributed by atoms with Crippen LogP contribution in [0.3, 0.4) is 0 Å². The first kappa shape index (κ1) is 18.3. The van der Waals surface area contributed by atoms with Crippen LogP contribution in [-0.4, -0.2) is 45.2 Å². The largest absolute Gasteiger partial charge is 0.478 e. The second-order valence-corrected chi connectivity index (χ2v) is 8.28. The Morgan fingerprint density at radius 1 is 1.15 bits per heavy atom. The third-order valence-corrected chi connectivity index (χ3v) is 5.49. The molecule has 7 heteroatoms. The summed E-state index contributed by atoms with van der Waals surface area (Å²) in [5, 5.41) is 0. The number of rotatable bonds is 4. The number of fused-ring (bicyclic) bond motifs is 1. The molecule has 26 heavy (non-hydrogen) atoms. The van der Waals surface area contributed by atoms with Crippen LogP contribution in [0.15, 0.2) is 54.6 Å². The summed E-state index contributed by atoms with van der Waals surface area (Å²) in [4.78, 5) is 14.5. The van der Waals surface area contributed by atoms with Gasteiger partial charge in [0, 0.05) is 26.6 Å². The van der Waals surface area contributed by atoms with E-state index in [2.05, 4.69) is 0 Å². The van der Waals surface area contributed by atoms with Crippen molar-refractivity contribution >= 4 is 21.6 Å². The lowest BCUT2D eigenvalue weighted by molar-refractivity contribution is -0.138. The lowest BCUT2D eigenvalue weighted by Crippen LogP contribution is -2.40. The van der Waals surface area contributed by atoms with E-state index < -0.39 is 16.1 Å². The van der Waals surface area contributed by atoms with Gasteiger partial charge < -0.3 is 9.64 Å². The van der Waals surface area contributed by atoms with Gasteiger partial charge in [0.15, 0.2) is 6.10 Å². The van der Waals surface area contributed by atoms with Crippen LogP contribution in [0.2, 0.25) is 0 Å². The minimum atomic E-state index is -3.45. The quantitative estimate of drug-likeness (QED) is 0.823. The maximum absolute atomic E-state index is 12.9. The van der Waals surface area contributed by atoms with E-state index in [-0.39, 0.29) is 12.5 Å². The lowest BCUT2D eigenvalue weighted by Gasteiger charge is -2.23. The highest BCUT2D eigenvalue weighted by Crippen LogP contribution is 2.34. The molecule has 0 fully saturated rings. The number of carbonyl (C=O) groups is 1. The number of amides is 1. The summed E-state index contributed by atoms with van der Waals surface area (Å²) in [5.41, 5.74) is 1.49. The van der Waals surface area contributed by atoms with Crippen LogP contribution in [0.5, 0.6) is 5.75 Å². The molecule has 0 saturated carbocycles. The second kappa shape index (κ2) is 7.37. The molecule has 1 atom stereocenters. The van der Waals surface area contributed by atoms with Crippen molar-refractivity contribution in [3.8, 4) is 5.75 Å². The van der Waals surface area contributed by atoms with Crippen molar-refractivity contribution in [2.45, 2.75) is 19.1 Å². The first-order valence-corrected chi connectivity index (χ1v) is 10.2. The van der Waals surface area contributed by atoms with Crippen molar-refractivity contribution in [2.24, 2.45) is 0 Å². The summed E-state index contributed by atoms with van der Waals surface area (Å²) >= 11 is 0. The van der Waals surface area contributed by atoms with E-state index in [0.717, 1.165) is 11.8 Å². The normalized spacial score (nSPS) is 17.0. The number of likely N-dealkylation sites (N-methyl/N-ethyl adjacent to an activating group) is 1. The topological polar surface area (TPSA) is 66.9 Å². The number of benzene rings is 2. The molecule has 0 N–H and O–H groups in total. The van der Waals surface area contributed by atoms with Crippen molar-refractivity contribution < 1.29 is 17.9 Å². The zero-order valence-electron chi connectivity index (χ0n) is 14.8. The molecule has 3 rings (SSSR count). The first-order valence-electron chi connectivity index (χ1n) is 8.38. The Hall–Kier alpha value is -2.54. The molecule has 1 aliphatic rings. The number of nitrogens with zero attached hydrogens (tertiary/aromatic N) is 2. The van der Waals surface area contributed by atoms with Crippen molar-refractivity contribution in [2.75, 3.05) is 24.2 Å². The zero-order chi connectivity index (χ0) is 18.7. The van der Waals surface area contributed by atoms with Gasteiger partial charge in [0.2, 0.25) is 10.0 Å². The van der Waals surface area contributed by atoms with Gasteiger partial charge in [-0.05, 0) is 17.7 Å². The summed E-state index contributed by atoms with van der Waals surface area (Å²) in [6.07, 6.45) is 0.726. The van der Waals surface area contributed by atoms with E-state index >= 15 is 0 Å². The van der Waals surface area contributed by atoms with E-state index in [0.29, 0.717) is 24.4 Å². The minimum Gasteiger partial charge on any atom is -0.478 e. The molecular weight excluding hydrogens is 352 g/mol. The average Bonchev–Trinajstić information content (AvgIpc) is 2.81. The maximum Gasteiger partial charge on any atom is 0.263 e. The van der Waals surface area contributed by atoms with Gasteiger partial charge in [-0.3, -0.25) is 9.10 Å². The predicted molar refractivity (Wildman–Crippen MR) is 101 cm³/mol. The molecule has 1 amide bonds. The lowest BCUT2D eigenvalue weighted by atomic mass is 10.2. The number of hydrogen-bond acceptors (Lipinski definition) is 4. The van der Waals surface area contributed by atoms with Gasteiger partial charge in [0.25, 0.3) is 5.91 Å². The molecule has 0 spiro atoms. The van der Waals surface area contributed by atoms with E-state index in [9.17, 15) is 13.2 Å². The molecule has 1 heterocycles. The monoisotopic (exact) mass is 374 g/mol. The first-order chi connectivity index (χ1) is 12.4. The Kier molecular flexibility index (Phi) is 5.18. The van der Waals surface area contributed by atoms with Crippen molar-refractivity contribution in [1.29, 1.82) is 0 Å². The SMILES string of the molecule is CN(Cc1ccccc1)C(=O)[C@H]1CCN(S(C)(=O)=O)c2ccccc2O1. The van der Waals surface area contributed by atoms with E-state index in [1.807, 2.05) is 30.3 Å². The molecule has 138 valence electrons. The van der Waals surface area contributed by atoms with Gasteiger partial charge in [-0.1, -0.05) is 42.5 Å². The molecular formula is C19H22N2O4S. The molecule has 2 aromatic carbocycles. The van der Waals surface area contributed by atoms with Gasteiger partial charge in [0.1, 0.15) is 5.75 Å². The number of carbonyl (C=O) groups excluding carboxylic acids is 1. The number of para-hydroxylation sites is 2. The van der Waals surface area contributed by atoms with Gasteiger partial charge >= 0.3 is 0 Å². The molecule has 2 aromatic rings. The van der Waals surface area contributed by atoms with Crippen LogP contribution >= 0.6 is 0 Å². The molecule has 0 saturated heterocycles. The van der Waals surface area contributed by atoms with Crippen molar-refractivity contribution in [1.82, 2.24) is 4.90 Å². The molecule has 0 aromatic heterocycles. The Morgan fingerprint density at radius 2 is 1.81 bits per heavy atom. The second-order valence-electron chi connectivity index (χ2n) is 6.38. The van der Waals surface area contributed by atoms with E-state index in [1.54, 1.807) is 36.2 Å². The fraction of sp³-hybridized carbons (Fsp3) is 0.316. The van der Waals surface area contributed by atoms with Gasteiger partial charge in [-0.15, -0.1) is 0 Å². The van der Waals surface area contributed by atoms with Crippen LogP contribution in [-0.2, 0) is 21.4 Å². The summed E-state index contributed by atoms with van der Waals surface area (Å²) in [6.45, 7) is 0.669. The third-order valence-electron chi connectivity index (χ3n) is 4.31. The van der Waals surface area contributed by atoms with Crippen LogP contribution in [0.4, 0.5) is 5.69 Å². The highest BCUT2D eigenvalue weighted by molar-refractivity contribution is 7.92. The van der Waals surface area contributed by atoms with Gasteiger partial charge in [-0.2, -0.15) is 0 Å². The fourth-order valence-electron chi connectivity index (χ4n) is 3.03. The molecule has 0 aliphatic carbocycles. The molecule has 6 nitrogen and oxygen atoms in total. The summed E-state index contributed by atoms with van der Waals surface area (Å²) in [5.74, 6) is 0.237. The van der Waals surface area contributed by atoms with Crippen LogP contribution in [0, 0.1) is 0 Å². The van der Waals surface area contributed by atoms with E-state index in [1.165, 1.54) is 4.31 Å². The highest BCUT2D eigenvalue weighted by atomic mass is 32.2. The van der Waals surface area contributed by atoms with Crippen LogP contribution in [0.25, 0.3) is 0 Å². The number of hydrogen-bond donors (Lipinski definition) is 0. The molecule has 1 aliphatic heterocycles. The van der Waals surface area contributed by atoms with Crippen LogP contribution in [0.1, 0.15) is 12.0 Å². The Bertz CT molecular complexity index is 883. The molecule has 0 bridgehead atoms. The van der Waals surface area contributed by atoms with Gasteiger partial charge in [0.05, 0.1) is 11.9 Å². The summed E-state index contributed by atoms with van der Waals surface area (Å²) in [7, 11) is -1.73. The van der Waals surface area contributed by atoms with Crippen LogP contribution < -0.4 is 9.04 Å². The Morgan fingerprint density at radius 3 is 2.50 bits per heavy atom. The Labute approximate surface area is 154 Å². The number of ether oxygens (including phenoxy) is 1. The maximum atomic E-state index is 12.9. The minimum absolute atomic E-state index is 0.168. The Balaban J connectivity index is 1.81. The highest BCUT2D eigenvalue weighted by Gasteiger charge is 2.32. The number of anilines is 1. The smallest absolute Gasteiger partial charge is 0.263 e. The third kappa shape index (κ3) is 3.99. The van der Waals surface area contributed by atoms with Crippen molar-refractivity contribution in [3.05, 3.63) is 60.2 Å². The van der Waals surface area contributed by atoms with E-state index in [4.69, 9.17) is 4.74 Å².